The summed E-state index contributed by atoms with van der Waals surface area (Å²) in [7, 11) is 0. The Morgan fingerprint density at radius 2 is 2.00 bits per heavy atom. The molecule has 3 nitrogen and oxygen atoms in total. The summed E-state index contributed by atoms with van der Waals surface area (Å²) in [6.07, 6.45) is 1.55. The Labute approximate surface area is 119 Å². The molecular formula is C14H14BrFN2O. The number of ether oxygens (including phenoxy) is 1. The first-order valence-corrected chi connectivity index (χ1v) is 6.77. The zero-order chi connectivity index (χ0) is 13.7. The van der Waals surface area contributed by atoms with Crippen molar-refractivity contribution in [3.05, 3.63) is 52.4 Å². The average molecular weight is 325 g/mol. The summed E-state index contributed by atoms with van der Waals surface area (Å²) >= 11 is 3.33. The van der Waals surface area contributed by atoms with Gasteiger partial charge in [0.25, 0.3) is 5.88 Å². The Hall–Kier alpha value is -1.46. The predicted octanol–water partition coefficient (Wildman–Crippen LogP) is 3.89. The number of hydrogen-bond acceptors (Lipinski definition) is 3. The standard InChI is InChI=1S/C14H14BrFN2O/c1-2-17-9-10-7-8-18-14(13(10)16)19-12-5-3-11(15)4-6-12/h3-8,17H,2,9H2,1H3. The minimum Gasteiger partial charge on any atom is -0.436 e. The van der Waals surface area contributed by atoms with Crippen molar-refractivity contribution in [3.8, 4) is 11.6 Å². The molecule has 0 atom stereocenters. The van der Waals surface area contributed by atoms with Gasteiger partial charge in [-0.05, 0) is 36.9 Å². The van der Waals surface area contributed by atoms with E-state index in [0.29, 0.717) is 17.9 Å². The second-order valence-electron chi connectivity index (χ2n) is 3.93. The maximum atomic E-state index is 14.1. The number of pyridine rings is 1. The highest BCUT2D eigenvalue weighted by atomic mass is 79.9. The van der Waals surface area contributed by atoms with Crippen LogP contribution in [0, 0.1) is 5.82 Å². The molecule has 0 aliphatic rings. The van der Waals surface area contributed by atoms with Crippen LogP contribution in [0.15, 0.2) is 41.0 Å². The van der Waals surface area contributed by atoms with Crippen LogP contribution in [0.2, 0.25) is 0 Å². The smallest absolute Gasteiger partial charge is 0.256 e. The number of rotatable bonds is 5. The van der Waals surface area contributed by atoms with Crippen LogP contribution in [-0.4, -0.2) is 11.5 Å². The normalized spacial score (nSPS) is 10.5. The molecule has 1 heterocycles. The molecule has 0 aliphatic carbocycles. The number of nitrogens with one attached hydrogen (secondary N) is 1. The third-order valence-electron chi connectivity index (χ3n) is 2.53. The molecule has 0 fully saturated rings. The fraction of sp³-hybridized carbons (Fsp3) is 0.214. The molecule has 2 aromatic rings. The van der Waals surface area contributed by atoms with Crippen molar-refractivity contribution in [2.75, 3.05) is 6.54 Å². The van der Waals surface area contributed by atoms with Crippen molar-refractivity contribution >= 4 is 15.9 Å². The predicted molar refractivity (Wildman–Crippen MR) is 75.8 cm³/mol. The summed E-state index contributed by atoms with van der Waals surface area (Å²) < 4.78 is 20.5. The van der Waals surface area contributed by atoms with Gasteiger partial charge in [0.1, 0.15) is 5.75 Å². The Bertz CT molecular complexity index is 546. The first-order valence-electron chi connectivity index (χ1n) is 5.98. The summed E-state index contributed by atoms with van der Waals surface area (Å²) in [5, 5.41) is 3.07. The van der Waals surface area contributed by atoms with E-state index >= 15 is 0 Å². The number of nitrogens with zero attached hydrogens (tertiary/aromatic N) is 1. The minimum absolute atomic E-state index is 0.00211. The van der Waals surface area contributed by atoms with E-state index in [4.69, 9.17) is 4.74 Å². The molecule has 1 aromatic heterocycles. The van der Waals surface area contributed by atoms with Crippen molar-refractivity contribution in [3.63, 3.8) is 0 Å². The van der Waals surface area contributed by atoms with Gasteiger partial charge in [0, 0.05) is 22.8 Å². The summed E-state index contributed by atoms with van der Waals surface area (Å²) in [4.78, 5) is 3.93. The summed E-state index contributed by atoms with van der Waals surface area (Å²) in [6.45, 7) is 3.21. The molecule has 2 rings (SSSR count). The van der Waals surface area contributed by atoms with Crippen LogP contribution in [0.5, 0.6) is 11.6 Å². The van der Waals surface area contributed by atoms with Gasteiger partial charge >= 0.3 is 0 Å². The van der Waals surface area contributed by atoms with Gasteiger partial charge in [0.15, 0.2) is 5.82 Å². The monoisotopic (exact) mass is 324 g/mol. The van der Waals surface area contributed by atoms with Crippen molar-refractivity contribution in [1.82, 2.24) is 10.3 Å². The molecule has 0 unspecified atom stereocenters. The Kier molecular flexibility index (Phi) is 4.87. The van der Waals surface area contributed by atoms with Gasteiger partial charge in [-0.25, -0.2) is 9.37 Å². The van der Waals surface area contributed by atoms with E-state index < -0.39 is 5.82 Å². The third-order valence-corrected chi connectivity index (χ3v) is 3.06. The first kappa shape index (κ1) is 14.0. The van der Waals surface area contributed by atoms with Gasteiger partial charge in [-0.1, -0.05) is 22.9 Å². The molecule has 1 aromatic carbocycles. The van der Waals surface area contributed by atoms with Crippen LogP contribution in [0.3, 0.4) is 0 Å². The molecule has 0 amide bonds. The van der Waals surface area contributed by atoms with Crippen molar-refractivity contribution < 1.29 is 9.13 Å². The van der Waals surface area contributed by atoms with Gasteiger partial charge in [-0.2, -0.15) is 0 Å². The number of aromatic nitrogens is 1. The molecule has 5 heteroatoms. The topological polar surface area (TPSA) is 34.2 Å². The molecule has 19 heavy (non-hydrogen) atoms. The van der Waals surface area contributed by atoms with Crippen molar-refractivity contribution in [2.45, 2.75) is 13.5 Å². The van der Waals surface area contributed by atoms with E-state index in [9.17, 15) is 4.39 Å². The first-order chi connectivity index (χ1) is 9.20. The number of benzene rings is 1. The maximum Gasteiger partial charge on any atom is 0.256 e. The van der Waals surface area contributed by atoms with Crippen molar-refractivity contribution in [1.29, 1.82) is 0 Å². The second-order valence-corrected chi connectivity index (χ2v) is 4.84. The molecule has 1 N–H and O–H groups in total. The van der Waals surface area contributed by atoms with Gasteiger partial charge in [0.2, 0.25) is 0 Å². The van der Waals surface area contributed by atoms with Crippen LogP contribution >= 0.6 is 15.9 Å². The van der Waals surface area contributed by atoms with Crippen LogP contribution in [0.1, 0.15) is 12.5 Å². The molecule has 0 saturated carbocycles. The molecule has 0 spiro atoms. The molecule has 0 saturated heterocycles. The lowest BCUT2D eigenvalue weighted by atomic mass is 10.2. The molecule has 100 valence electrons. The Morgan fingerprint density at radius 3 is 2.68 bits per heavy atom. The summed E-state index contributed by atoms with van der Waals surface area (Å²) in [5.41, 5.74) is 0.545. The van der Waals surface area contributed by atoms with E-state index in [-0.39, 0.29) is 5.88 Å². The van der Waals surface area contributed by atoms with E-state index in [0.717, 1.165) is 11.0 Å². The molecule has 0 radical (unpaired) electrons. The zero-order valence-corrected chi connectivity index (χ0v) is 12.1. The number of hydrogen-bond donors (Lipinski definition) is 1. The fourth-order valence-electron chi connectivity index (χ4n) is 1.54. The van der Waals surface area contributed by atoms with Crippen LogP contribution in [0.4, 0.5) is 4.39 Å². The highest BCUT2D eigenvalue weighted by Gasteiger charge is 2.11. The van der Waals surface area contributed by atoms with E-state index in [1.165, 1.54) is 0 Å². The van der Waals surface area contributed by atoms with Gasteiger partial charge in [0.05, 0.1) is 0 Å². The molecular weight excluding hydrogens is 311 g/mol. The SMILES string of the molecule is CCNCc1ccnc(Oc2ccc(Br)cc2)c1F. The lowest BCUT2D eigenvalue weighted by Crippen LogP contribution is -2.13. The highest BCUT2D eigenvalue weighted by Crippen LogP contribution is 2.25. The van der Waals surface area contributed by atoms with E-state index in [2.05, 4.69) is 26.2 Å². The van der Waals surface area contributed by atoms with Crippen molar-refractivity contribution in [2.24, 2.45) is 0 Å². The van der Waals surface area contributed by atoms with Crippen LogP contribution in [-0.2, 0) is 6.54 Å². The number of halogens is 2. The highest BCUT2D eigenvalue weighted by molar-refractivity contribution is 9.10. The molecule has 0 bridgehead atoms. The van der Waals surface area contributed by atoms with Crippen LogP contribution < -0.4 is 10.1 Å². The van der Waals surface area contributed by atoms with E-state index in [1.807, 2.05) is 19.1 Å². The Morgan fingerprint density at radius 1 is 1.26 bits per heavy atom. The fourth-order valence-corrected chi connectivity index (χ4v) is 1.81. The third kappa shape index (κ3) is 3.75. The van der Waals surface area contributed by atoms with Gasteiger partial charge < -0.3 is 10.1 Å². The largest absolute Gasteiger partial charge is 0.436 e. The second kappa shape index (κ2) is 6.63. The van der Waals surface area contributed by atoms with Gasteiger partial charge in [-0.15, -0.1) is 0 Å². The van der Waals surface area contributed by atoms with E-state index in [1.54, 1.807) is 24.4 Å². The van der Waals surface area contributed by atoms with Crippen LogP contribution in [0.25, 0.3) is 0 Å². The summed E-state index contributed by atoms with van der Waals surface area (Å²) in [5.74, 6) is 0.124. The average Bonchev–Trinajstić information content (AvgIpc) is 2.42. The molecule has 0 aliphatic heterocycles. The maximum absolute atomic E-state index is 14.1. The zero-order valence-electron chi connectivity index (χ0n) is 10.5. The van der Waals surface area contributed by atoms with Gasteiger partial charge in [-0.3, -0.25) is 0 Å². The Balaban J connectivity index is 2.18. The minimum atomic E-state index is -0.425. The lowest BCUT2D eigenvalue weighted by Gasteiger charge is -2.09. The lowest BCUT2D eigenvalue weighted by molar-refractivity contribution is 0.417. The summed E-state index contributed by atoms with van der Waals surface area (Å²) in [6, 6.07) is 8.81. The quantitative estimate of drug-likeness (QED) is 0.906.